The molecule has 5 heteroatoms. The summed E-state index contributed by atoms with van der Waals surface area (Å²) in [5, 5.41) is 6.80. The van der Waals surface area contributed by atoms with Crippen molar-refractivity contribution in [1.82, 2.24) is 10.3 Å². The molecule has 0 atom stereocenters. The van der Waals surface area contributed by atoms with Gasteiger partial charge in [0.25, 0.3) is 5.91 Å². The monoisotopic (exact) mass is 351 g/mol. The molecule has 0 aliphatic rings. The summed E-state index contributed by atoms with van der Waals surface area (Å²) in [6, 6.07) is 17.3. The van der Waals surface area contributed by atoms with Crippen molar-refractivity contribution >= 4 is 28.9 Å². The van der Waals surface area contributed by atoms with Crippen LogP contribution in [0.4, 0.5) is 11.4 Å². The standard InChI is InChI=1S/C20H18ClN3O/c1-14-7-8-17(10-19(14)21)24-18-9-16(12-22-13-18)20(25)23-11-15-5-3-2-4-6-15/h2-10,12-13,24H,11H2,1H3,(H,23,25). The molecule has 0 bridgehead atoms. The highest BCUT2D eigenvalue weighted by molar-refractivity contribution is 6.31. The number of aryl methyl sites for hydroxylation is 1. The van der Waals surface area contributed by atoms with Crippen LogP contribution in [0.25, 0.3) is 0 Å². The second-order valence-electron chi connectivity index (χ2n) is 5.72. The van der Waals surface area contributed by atoms with E-state index in [9.17, 15) is 4.79 Å². The highest BCUT2D eigenvalue weighted by Crippen LogP contribution is 2.23. The molecule has 3 aromatic rings. The normalized spacial score (nSPS) is 10.3. The van der Waals surface area contributed by atoms with Gasteiger partial charge in [0.15, 0.2) is 0 Å². The first-order valence-electron chi connectivity index (χ1n) is 7.92. The van der Waals surface area contributed by atoms with E-state index in [2.05, 4.69) is 15.6 Å². The zero-order chi connectivity index (χ0) is 17.6. The summed E-state index contributed by atoms with van der Waals surface area (Å²) in [6.45, 7) is 2.43. The highest BCUT2D eigenvalue weighted by Gasteiger charge is 2.07. The van der Waals surface area contributed by atoms with Crippen molar-refractivity contribution in [3.63, 3.8) is 0 Å². The van der Waals surface area contributed by atoms with Crippen LogP contribution < -0.4 is 10.6 Å². The number of rotatable bonds is 5. The number of hydrogen-bond acceptors (Lipinski definition) is 3. The minimum absolute atomic E-state index is 0.165. The third kappa shape index (κ3) is 4.58. The Morgan fingerprint density at radius 1 is 1.04 bits per heavy atom. The van der Waals surface area contributed by atoms with E-state index in [1.54, 1.807) is 18.5 Å². The first-order valence-corrected chi connectivity index (χ1v) is 8.30. The zero-order valence-corrected chi connectivity index (χ0v) is 14.5. The molecule has 25 heavy (non-hydrogen) atoms. The largest absolute Gasteiger partial charge is 0.354 e. The molecule has 1 aromatic heterocycles. The maximum atomic E-state index is 12.3. The van der Waals surface area contributed by atoms with Crippen LogP contribution in [0, 0.1) is 6.92 Å². The number of nitrogens with one attached hydrogen (secondary N) is 2. The molecule has 1 heterocycles. The van der Waals surface area contributed by atoms with E-state index in [0.717, 1.165) is 22.5 Å². The number of carbonyl (C=O) groups is 1. The molecule has 0 fully saturated rings. The van der Waals surface area contributed by atoms with E-state index in [0.29, 0.717) is 17.1 Å². The Morgan fingerprint density at radius 3 is 2.60 bits per heavy atom. The van der Waals surface area contributed by atoms with E-state index in [4.69, 9.17) is 11.6 Å². The molecule has 0 aliphatic heterocycles. The second-order valence-corrected chi connectivity index (χ2v) is 6.13. The van der Waals surface area contributed by atoms with Gasteiger partial charge < -0.3 is 10.6 Å². The van der Waals surface area contributed by atoms with Crippen LogP contribution >= 0.6 is 11.6 Å². The summed E-state index contributed by atoms with van der Waals surface area (Å²) in [5.74, 6) is -0.165. The van der Waals surface area contributed by atoms with Crippen molar-refractivity contribution in [2.24, 2.45) is 0 Å². The van der Waals surface area contributed by atoms with Gasteiger partial charge in [-0.3, -0.25) is 9.78 Å². The Hall–Kier alpha value is -2.85. The lowest BCUT2D eigenvalue weighted by Crippen LogP contribution is -2.22. The van der Waals surface area contributed by atoms with Crippen LogP contribution in [0.2, 0.25) is 5.02 Å². The first kappa shape index (κ1) is 17.0. The third-order valence-electron chi connectivity index (χ3n) is 3.76. The summed E-state index contributed by atoms with van der Waals surface area (Å²) < 4.78 is 0. The van der Waals surface area contributed by atoms with E-state index in [1.807, 2.05) is 55.5 Å². The van der Waals surface area contributed by atoms with E-state index >= 15 is 0 Å². The number of anilines is 2. The average Bonchev–Trinajstić information content (AvgIpc) is 2.64. The molecule has 0 aliphatic carbocycles. The van der Waals surface area contributed by atoms with Gasteiger partial charge in [0, 0.05) is 23.5 Å². The molecule has 0 unspecified atom stereocenters. The van der Waals surface area contributed by atoms with Gasteiger partial charge in [-0.2, -0.15) is 0 Å². The van der Waals surface area contributed by atoms with Gasteiger partial charge in [0.05, 0.1) is 17.4 Å². The van der Waals surface area contributed by atoms with Gasteiger partial charge >= 0.3 is 0 Å². The number of hydrogen-bond donors (Lipinski definition) is 2. The molecular weight excluding hydrogens is 334 g/mol. The smallest absolute Gasteiger partial charge is 0.253 e. The molecular formula is C20H18ClN3O. The highest BCUT2D eigenvalue weighted by atomic mass is 35.5. The first-order chi connectivity index (χ1) is 12.1. The fraction of sp³-hybridized carbons (Fsp3) is 0.100. The van der Waals surface area contributed by atoms with Crippen molar-refractivity contribution in [1.29, 1.82) is 0 Å². The van der Waals surface area contributed by atoms with Crippen molar-refractivity contribution in [3.05, 3.63) is 88.7 Å². The summed E-state index contributed by atoms with van der Waals surface area (Å²) in [5.41, 5.74) is 4.14. The molecule has 3 rings (SSSR count). The quantitative estimate of drug-likeness (QED) is 0.699. The van der Waals surface area contributed by atoms with Crippen LogP contribution in [-0.2, 0) is 6.54 Å². The number of benzene rings is 2. The lowest BCUT2D eigenvalue weighted by Gasteiger charge is -2.10. The number of halogens is 1. The number of nitrogens with zero attached hydrogens (tertiary/aromatic N) is 1. The molecule has 0 saturated heterocycles. The van der Waals surface area contributed by atoms with Crippen molar-refractivity contribution in [2.75, 3.05) is 5.32 Å². The molecule has 4 nitrogen and oxygen atoms in total. The van der Waals surface area contributed by atoms with E-state index < -0.39 is 0 Å². The molecule has 0 radical (unpaired) electrons. The molecule has 0 saturated carbocycles. The van der Waals surface area contributed by atoms with Crippen LogP contribution in [0.15, 0.2) is 67.0 Å². The number of amides is 1. The maximum absolute atomic E-state index is 12.3. The second kappa shape index (κ2) is 7.81. The Kier molecular flexibility index (Phi) is 5.31. The van der Waals surface area contributed by atoms with Crippen LogP contribution in [-0.4, -0.2) is 10.9 Å². The zero-order valence-electron chi connectivity index (χ0n) is 13.8. The molecule has 1 amide bonds. The van der Waals surface area contributed by atoms with Gasteiger partial charge in [-0.15, -0.1) is 0 Å². The minimum Gasteiger partial charge on any atom is -0.354 e. The van der Waals surface area contributed by atoms with Crippen molar-refractivity contribution in [3.8, 4) is 0 Å². The lowest BCUT2D eigenvalue weighted by atomic mass is 10.2. The number of carbonyl (C=O) groups excluding carboxylic acids is 1. The summed E-state index contributed by atoms with van der Waals surface area (Å²) in [4.78, 5) is 16.5. The fourth-order valence-corrected chi connectivity index (χ4v) is 2.53. The van der Waals surface area contributed by atoms with Crippen molar-refractivity contribution < 1.29 is 4.79 Å². The van der Waals surface area contributed by atoms with Gasteiger partial charge in [0.1, 0.15) is 0 Å². The van der Waals surface area contributed by atoms with Crippen molar-refractivity contribution in [2.45, 2.75) is 13.5 Å². The fourth-order valence-electron chi connectivity index (χ4n) is 2.35. The molecule has 126 valence electrons. The van der Waals surface area contributed by atoms with Gasteiger partial charge in [-0.05, 0) is 36.2 Å². The summed E-state index contributed by atoms with van der Waals surface area (Å²) >= 11 is 6.14. The Balaban J connectivity index is 1.68. The summed E-state index contributed by atoms with van der Waals surface area (Å²) in [7, 11) is 0. The topological polar surface area (TPSA) is 54.0 Å². The third-order valence-corrected chi connectivity index (χ3v) is 4.16. The minimum atomic E-state index is -0.165. The van der Waals surface area contributed by atoms with E-state index in [-0.39, 0.29) is 5.91 Å². The average molecular weight is 352 g/mol. The predicted molar refractivity (Wildman–Crippen MR) is 101 cm³/mol. The SMILES string of the molecule is Cc1ccc(Nc2cncc(C(=O)NCc3ccccc3)c2)cc1Cl. The summed E-state index contributed by atoms with van der Waals surface area (Å²) in [6.07, 6.45) is 3.22. The maximum Gasteiger partial charge on any atom is 0.253 e. The Morgan fingerprint density at radius 2 is 1.84 bits per heavy atom. The molecule has 0 spiro atoms. The lowest BCUT2D eigenvalue weighted by molar-refractivity contribution is 0.0950. The predicted octanol–water partition coefficient (Wildman–Crippen LogP) is 4.72. The van der Waals surface area contributed by atoms with Gasteiger partial charge in [-0.25, -0.2) is 0 Å². The van der Waals surface area contributed by atoms with E-state index in [1.165, 1.54) is 0 Å². The van der Waals surface area contributed by atoms with Crippen LogP contribution in [0.1, 0.15) is 21.5 Å². The Labute approximate surface area is 151 Å². The Bertz CT molecular complexity index is 881. The van der Waals surface area contributed by atoms with Gasteiger partial charge in [-0.1, -0.05) is 48.0 Å². The number of aromatic nitrogens is 1. The molecule has 2 aromatic carbocycles. The van der Waals surface area contributed by atoms with Gasteiger partial charge in [0.2, 0.25) is 0 Å². The number of pyridine rings is 1. The molecule has 2 N–H and O–H groups in total. The van der Waals surface area contributed by atoms with Crippen LogP contribution in [0.5, 0.6) is 0 Å². The van der Waals surface area contributed by atoms with Crippen LogP contribution in [0.3, 0.4) is 0 Å².